The third-order valence-electron chi connectivity index (χ3n) is 2.13. The summed E-state index contributed by atoms with van der Waals surface area (Å²) in [5.41, 5.74) is 1.21. The van der Waals surface area contributed by atoms with E-state index in [2.05, 4.69) is 13.8 Å². The first-order valence-corrected chi connectivity index (χ1v) is 4.14. The lowest BCUT2D eigenvalue weighted by molar-refractivity contribution is -0.909. The maximum Gasteiger partial charge on any atom is 0.209 e. The second-order valence-electron chi connectivity index (χ2n) is 3.62. The van der Waals surface area contributed by atoms with Crippen LogP contribution in [0.1, 0.15) is 20.8 Å². The Labute approximate surface area is 67.9 Å². The van der Waals surface area contributed by atoms with Crippen LogP contribution in [-0.4, -0.2) is 24.9 Å². The summed E-state index contributed by atoms with van der Waals surface area (Å²) in [5, 5.41) is 0. The van der Waals surface area contributed by atoms with Crippen molar-refractivity contribution in [2.24, 2.45) is 0 Å². The van der Waals surface area contributed by atoms with Crippen LogP contribution < -0.4 is 4.90 Å². The minimum absolute atomic E-state index is 0.275. The highest BCUT2D eigenvalue weighted by Crippen LogP contribution is 1.93. The average Bonchev–Trinajstić information content (AvgIpc) is 1.85. The molecule has 1 unspecified atom stereocenters. The Balaban J connectivity index is 2.64. The zero-order valence-electron chi connectivity index (χ0n) is 7.48. The van der Waals surface area contributed by atoms with Crippen molar-refractivity contribution in [3.05, 3.63) is 11.6 Å². The first kappa shape index (κ1) is 8.47. The number of carbonyl (C=O) groups excluding carboxylic acids is 1. The van der Waals surface area contributed by atoms with Crippen LogP contribution in [0.4, 0.5) is 0 Å². The number of carbonyl (C=O) groups is 1. The molecule has 1 heterocycles. The molecule has 1 N–H and O–H groups in total. The molecule has 0 aromatic carbocycles. The Morgan fingerprint density at radius 2 is 2.09 bits per heavy atom. The lowest BCUT2D eigenvalue weighted by Gasteiger charge is -2.25. The molecule has 0 aliphatic carbocycles. The van der Waals surface area contributed by atoms with Gasteiger partial charge in [0.1, 0.15) is 6.54 Å². The van der Waals surface area contributed by atoms with E-state index in [0.717, 1.165) is 6.54 Å². The second kappa shape index (κ2) is 3.18. The first-order valence-electron chi connectivity index (χ1n) is 4.14. The Morgan fingerprint density at radius 3 is 2.55 bits per heavy atom. The van der Waals surface area contributed by atoms with Gasteiger partial charge < -0.3 is 4.90 Å². The van der Waals surface area contributed by atoms with Crippen molar-refractivity contribution < 1.29 is 9.69 Å². The van der Waals surface area contributed by atoms with Crippen LogP contribution in [0.5, 0.6) is 0 Å². The van der Waals surface area contributed by atoms with Crippen molar-refractivity contribution >= 4 is 5.78 Å². The molecule has 0 aromatic heterocycles. The van der Waals surface area contributed by atoms with E-state index in [1.54, 1.807) is 6.08 Å². The maximum absolute atomic E-state index is 11.1. The summed E-state index contributed by atoms with van der Waals surface area (Å²) in [6.07, 6.45) is 1.77. The molecule has 1 rings (SSSR count). The number of rotatable bonds is 1. The molecular weight excluding hydrogens is 138 g/mol. The molecule has 1 atom stereocenters. The molecule has 11 heavy (non-hydrogen) atoms. The molecule has 0 bridgehead atoms. The fourth-order valence-electron chi connectivity index (χ4n) is 1.43. The number of nitrogens with one attached hydrogen (secondary N) is 1. The predicted octanol–water partition coefficient (Wildman–Crippen LogP) is -0.191. The lowest BCUT2D eigenvalue weighted by Crippen LogP contribution is -3.16. The van der Waals surface area contributed by atoms with E-state index in [1.807, 2.05) is 6.92 Å². The van der Waals surface area contributed by atoms with Crippen LogP contribution in [0.2, 0.25) is 0 Å². The quantitative estimate of drug-likeness (QED) is 0.555. The van der Waals surface area contributed by atoms with E-state index >= 15 is 0 Å². The van der Waals surface area contributed by atoms with Gasteiger partial charge in [-0.1, -0.05) is 0 Å². The number of hydrogen-bond acceptors (Lipinski definition) is 1. The molecule has 0 spiro atoms. The van der Waals surface area contributed by atoms with Crippen molar-refractivity contribution in [2.75, 3.05) is 13.1 Å². The minimum atomic E-state index is 0.275. The zero-order chi connectivity index (χ0) is 8.43. The number of quaternary nitrogens is 1. The van der Waals surface area contributed by atoms with Crippen LogP contribution in [-0.2, 0) is 4.79 Å². The van der Waals surface area contributed by atoms with Crippen LogP contribution in [0.25, 0.3) is 0 Å². The van der Waals surface area contributed by atoms with Gasteiger partial charge in [0.15, 0.2) is 0 Å². The molecule has 2 nitrogen and oxygen atoms in total. The molecule has 62 valence electrons. The van der Waals surface area contributed by atoms with E-state index in [9.17, 15) is 4.79 Å². The normalized spacial score (nSPS) is 25.6. The molecule has 1 aliphatic rings. The summed E-state index contributed by atoms with van der Waals surface area (Å²) in [5.74, 6) is 0.275. The zero-order valence-corrected chi connectivity index (χ0v) is 7.48. The summed E-state index contributed by atoms with van der Waals surface area (Å²) in [7, 11) is 0. The SMILES string of the molecule is CC1=CC(=O)C[NH+](C(C)C)C1. The van der Waals surface area contributed by atoms with Gasteiger partial charge in [0.05, 0.1) is 12.6 Å². The highest BCUT2D eigenvalue weighted by molar-refractivity contribution is 5.91. The third-order valence-corrected chi connectivity index (χ3v) is 2.13. The molecule has 2 heteroatoms. The average molecular weight is 154 g/mol. The largest absolute Gasteiger partial charge is 0.323 e. The summed E-state index contributed by atoms with van der Waals surface area (Å²) in [4.78, 5) is 12.5. The van der Waals surface area contributed by atoms with Crippen molar-refractivity contribution in [1.29, 1.82) is 0 Å². The van der Waals surface area contributed by atoms with Crippen LogP contribution in [0.15, 0.2) is 11.6 Å². The van der Waals surface area contributed by atoms with E-state index < -0.39 is 0 Å². The fraction of sp³-hybridized carbons (Fsp3) is 0.667. The van der Waals surface area contributed by atoms with Gasteiger partial charge in [0, 0.05) is 0 Å². The first-order chi connectivity index (χ1) is 5.09. The highest BCUT2D eigenvalue weighted by atomic mass is 16.1. The maximum atomic E-state index is 11.1. The molecule has 0 amide bonds. The van der Waals surface area contributed by atoms with E-state index in [1.165, 1.54) is 10.5 Å². The standard InChI is InChI=1S/C9H15NO/c1-7(2)10-5-8(3)4-9(11)6-10/h4,7H,5-6H2,1-3H3/p+1. The van der Waals surface area contributed by atoms with Gasteiger partial charge in [-0.05, 0) is 32.4 Å². The van der Waals surface area contributed by atoms with Crippen LogP contribution >= 0.6 is 0 Å². The molecule has 0 aromatic rings. The summed E-state index contributed by atoms with van der Waals surface area (Å²) in [6.45, 7) is 8.04. The lowest BCUT2D eigenvalue weighted by atomic mass is 10.1. The van der Waals surface area contributed by atoms with E-state index in [4.69, 9.17) is 0 Å². The van der Waals surface area contributed by atoms with E-state index in [0.29, 0.717) is 12.6 Å². The van der Waals surface area contributed by atoms with Crippen LogP contribution in [0.3, 0.4) is 0 Å². The minimum Gasteiger partial charge on any atom is -0.323 e. The molecule has 0 radical (unpaired) electrons. The monoisotopic (exact) mass is 154 g/mol. The van der Waals surface area contributed by atoms with Gasteiger partial charge in [0.2, 0.25) is 5.78 Å². The van der Waals surface area contributed by atoms with Gasteiger partial charge in [0.25, 0.3) is 0 Å². The van der Waals surface area contributed by atoms with Gasteiger partial charge in [-0.25, -0.2) is 0 Å². The molecular formula is C9H16NO+. The molecule has 0 saturated heterocycles. The van der Waals surface area contributed by atoms with Gasteiger partial charge in [-0.2, -0.15) is 0 Å². The summed E-state index contributed by atoms with van der Waals surface area (Å²) >= 11 is 0. The summed E-state index contributed by atoms with van der Waals surface area (Å²) < 4.78 is 0. The Kier molecular flexibility index (Phi) is 2.45. The van der Waals surface area contributed by atoms with Crippen molar-refractivity contribution in [1.82, 2.24) is 0 Å². The van der Waals surface area contributed by atoms with Crippen molar-refractivity contribution in [3.63, 3.8) is 0 Å². The highest BCUT2D eigenvalue weighted by Gasteiger charge is 2.21. The number of ketones is 1. The topological polar surface area (TPSA) is 21.5 Å². The molecule has 1 aliphatic heterocycles. The number of hydrogen-bond donors (Lipinski definition) is 1. The van der Waals surface area contributed by atoms with Gasteiger partial charge in [-0.15, -0.1) is 0 Å². The van der Waals surface area contributed by atoms with Crippen molar-refractivity contribution in [2.45, 2.75) is 26.8 Å². The predicted molar refractivity (Wildman–Crippen MR) is 44.6 cm³/mol. The Hall–Kier alpha value is -0.630. The van der Waals surface area contributed by atoms with Gasteiger partial charge in [-0.3, -0.25) is 4.79 Å². The molecule has 0 saturated carbocycles. The third kappa shape index (κ3) is 2.15. The fourth-order valence-corrected chi connectivity index (χ4v) is 1.43. The molecule has 0 fully saturated rings. The van der Waals surface area contributed by atoms with E-state index in [-0.39, 0.29) is 5.78 Å². The Morgan fingerprint density at radius 1 is 1.45 bits per heavy atom. The summed E-state index contributed by atoms with van der Waals surface area (Å²) in [6, 6.07) is 0.558. The Bertz CT molecular complexity index is 194. The van der Waals surface area contributed by atoms with Crippen LogP contribution in [0, 0.1) is 0 Å². The smallest absolute Gasteiger partial charge is 0.209 e. The van der Waals surface area contributed by atoms with Crippen molar-refractivity contribution in [3.8, 4) is 0 Å². The second-order valence-corrected chi connectivity index (χ2v) is 3.62. The van der Waals surface area contributed by atoms with Gasteiger partial charge >= 0.3 is 0 Å².